The van der Waals surface area contributed by atoms with Crippen LogP contribution in [0.15, 0.2) is 41.3 Å². The van der Waals surface area contributed by atoms with Crippen molar-refractivity contribution in [3.8, 4) is 11.4 Å². The molecule has 0 unspecified atom stereocenters. The lowest BCUT2D eigenvalue weighted by atomic mass is 10.0. The van der Waals surface area contributed by atoms with Crippen molar-refractivity contribution in [1.29, 1.82) is 0 Å². The first-order chi connectivity index (χ1) is 12.3. The molecule has 0 spiro atoms. The summed E-state index contributed by atoms with van der Waals surface area (Å²) >= 11 is 0. The Hall–Kier alpha value is -3.16. The summed E-state index contributed by atoms with van der Waals surface area (Å²) in [4.78, 5) is 40.9. The van der Waals surface area contributed by atoms with Gasteiger partial charge in [-0.2, -0.15) is 0 Å². The molecule has 0 radical (unpaired) electrons. The molecular weight excluding hydrogens is 336 g/mol. The van der Waals surface area contributed by atoms with Gasteiger partial charge < -0.3 is 15.8 Å². The van der Waals surface area contributed by atoms with Crippen LogP contribution < -0.4 is 16.6 Å². The molecule has 2 aromatic rings. The third-order valence-electron chi connectivity index (χ3n) is 3.85. The summed E-state index contributed by atoms with van der Waals surface area (Å²) in [7, 11) is 1.25. The van der Waals surface area contributed by atoms with Crippen molar-refractivity contribution in [3.63, 3.8) is 0 Å². The van der Waals surface area contributed by atoms with Gasteiger partial charge in [-0.15, -0.1) is 0 Å². The number of carbonyl (C=O) groups excluding carboxylic acids is 2. The molecule has 0 aliphatic heterocycles. The number of nitrogens with two attached hydrogens (primary N) is 1. The van der Waals surface area contributed by atoms with Crippen LogP contribution in [-0.2, 0) is 20.9 Å². The molecule has 1 amide bonds. The molecule has 1 heterocycles. The van der Waals surface area contributed by atoms with Crippen LogP contribution in [0.5, 0.6) is 0 Å². The van der Waals surface area contributed by atoms with Crippen LogP contribution in [0.2, 0.25) is 0 Å². The molecule has 2 rings (SSSR count). The smallest absolute Gasteiger partial charge is 0.328 e. The first-order valence-corrected chi connectivity index (χ1v) is 8.13. The summed E-state index contributed by atoms with van der Waals surface area (Å²) in [5.74, 6) is -0.912. The van der Waals surface area contributed by atoms with Gasteiger partial charge in [-0.25, -0.2) is 9.78 Å². The largest absolute Gasteiger partial charge is 0.467 e. The highest BCUT2D eigenvalue weighted by atomic mass is 16.5. The molecule has 26 heavy (non-hydrogen) atoms. The van der Waals surface area contributed by atoms with Crippen LogP contribution >= 0.6 is 0 Å². The zero-order chi connectivity index (χ0) is 19.3. The maximum atomic E-state index is 12.4. The Bertz CT molecular complexity index is 846. The molecule has 3 N–H and O–H groups in total. The molecule has 0 aliphatic carbocycles. The number of methoxy groups -OCH3 is 1. The molecule has 138 valence electrons. The third kappa shape index (κ3) is 4.27. The number of rotatable bonds is 6. The highest BCUT2D eigenvalue weighted by Gasteiger charge is 2.25. The zero-order valence-electron chi connectivity index (χ0n) is 14.9. The van der Waals surface area contributed by atoms with E-state index in [0.717, 1.165) is 0 Å². The second-order valence-electron chi connectivity index (χ2n) is 6.11. The number of ether oxygens (including phenoxy) is 1. The lowest BCUT2D eigenvalue weighted by Gasteiger charge is -2.20. The highest BCUT2D eigenvalue weighted by molar-refractivity contribution is 5.84. The SMILES string of the molecule is COC(=O)[C@@H](NC(=O)Cn1c(-c2ccccc2)ncc(N)c1=O)C(C)C. The molecule has 1 aromatic heterocycles. The van der Waals surface area contributed by atoms with Crippen LogP contribution in [0, 0.1) is 5.92 Å². The Balaban J connectivity index is 2.34. The minimum absolute atomic E-state index is 0.0640. The lowest BCUT2D eigenvalue weighted by Crippen LogP contribution is -2.47. The van der Waals surface area contributed by atoms with E-state index in [0.29, 0.717) is 11.4 Å². The van der Waals surface area contributed by atoms with E-state index in [-0.39, 0.29) is 18.2 Å². The van der Waals surface area contributed by atoms with Gasteiger partial charge in [0.25, 0.3) is 5.56 Å². The number of nitrogens with zero attached hydrogens (tertiary/aromatic N) is 2. The third-order valence-corrected chi connectivity index (χ3v) is 3.85. The van der Waals surface area contributed by atoms with E-state index in [1.807, 2.05) is 6.07 Å². The Morgan fingerprint density at radius 3 is 2.50 bits per heavy atom. The molecule has 0 bridgehead atoms. The average molecular weight is 358 g/mol. The van der Waals surface area contributed by atoms with Crippen molar-refractivity contribution >= 4 is 17.6 Å². The van der Waals surface area contributed by atoms with E-state index in [9.17, 15) is 14.4 Å². The number of anilines is 1. The fourth-order valence-corrected chi connectivity index (χ4v) is 2.46. The molecule has 1 aromatic carbocycles. The molecule has 0 aliphatic rings. The van der Waals surface area contributed by atoms with Crippen LogP contribution in [0.25, 0.3) is 11.4 Å². The van der Waals surface area contributed by atoms with Gasteiger partial charge in [0.15, 0.2) is 0 Å². The summed E-state index contributed by atoms with van der Waals surface area (Å²) in [6.07, 6.45) is 1.27. The quantitative estimate of drug-likeness (QED) is 0.738. The van der Waals surface area contributed by atoms with Crippen molar-refractivity contribution in [1.82, 2.24) is 14.9 Å². The van der Waals surface area contributed by atoms with Gasteiger partial charge in [0.05, 0.1) is 13.3 Å². The Labute approximate surface area is 151 Å². The fraction of sp³-hybridized carbons (Fsp3) is 0.333. The van der Waals surface area contributed by atoms with Gasteiger partial charge in [-0.05, 0) is 5.92 Å². The van der Waals surface area contributed by atoms with Crippen LogP contribution in [0.1, 0.15) is 13.8 Å². The van der Waals surface area contributed by atoms with E-state index in [1.165, 1.54) is 17.9 Å². The van der Waals surface area contributed by atoms with Crippen molar-refractivity contribution in [2.24, 2.45) is 5.92 Å². The van der Waals surface area contributed by atoms with Gasteiger partial charge in [0.1, 0.15) is 24.1 Å². The molecular formula is C18H22N4O4. The highest BCUT2D eigenvalue weighted by Crippen LogP contribution is 2.15. The molecule has 0 saturated heterocycles. The van der Waals surface area contributed by atoms with Crippen LogP contribution in [0.4, 0.5) is 5.69 Å². The van der Waals surface area contributed by atoms with Crippen LogP contribution in [-0.4, -0.2) is 34.6 Å². The summed E-state index contributed by atoms with van der Waals surface area (Å²) in [6.45, 7) is 3.25. The van der Waals surface area contributed by atoms with E-state index in [4.69, 9.17) is 10.5 Å². The van der Waals surface area contributed by atoms with Crippen molar-refractivity contribution in [2.75, 3.05) is 12.8 Å². The number of nitrogens with one attached hydrogen (secondary N) is 1. The van der Waals surface area contributed by atoms with E-state index in [2.05, 4.69) is 10.3 Å². The second kappa shape index (κ2) is 8.28. The first kappa shape index (κ1) is 19.2. The molecule has 0 saturated carbocycles. The molecule has 0 fully saturated rings. The predicted molar refractivity (Wildman–Crippen MR) is 97.1 cm³/mol. The summed E-state index contributed by atoms with van der Waals surface area (Å²) in [6, 6.07) is 8.18. The Morgan fingerprint density at radius 2 is 1.92 bits per heavy atom. The standard InChI is InChI=1S/C18H22N4O4/c1-11(2)15(18(25)26-3)21-14(23)10-22-16(12-7-5-4-6-8-12)20-9-13(19)17(22)24/h4-9,11,15H,10,19H2,1-3H3,(H,21,23)/t15-/m0/s1. The number of amides is 1. The minimum Gasteiger partial charge on any atom is -0.467 e. The topological polar surface area (TPSA) is 116 Å². The van der Waals surface area contributed by atoms with Crippen molar-refractivity contribution < 1.29 is 14.3 Å². The number of benzene rings is 1. The first-order valence-electron chi connectivity index (χ1n) is 8.13. The number of esters is 1. The fourth-order valence-electron chi connectivity index (χ4n) is 2.46. The maximum absolute atomic E-state index is 12.4. The maximum Gasteiger partial charge on any atom is 0.328 e. The summed E-state index contributed by atoms with van der Waals surface area (Å²) in [5, 5.41) is 2.60. The van der Waals surface area contributed by atoms with E-state index in [1.54, 1.807) is 38.1 Å². The number of hydrogen-bond donors (Lipinski definition) is 2. The summed E-state index contributed by atoms with van der Waals surface area (Å²) in [5.41, 5.74) is 5.75. The van der Waals surface area contributed by atoms with Gasteiger partial charge in [0.2, 0.25) is 5.91 Å². The van der Waals surface area contributed by atoms with E-state index < -0.39 is 23.5 Å². The van der Waals surface area contributed by atoms with Crippen molar-refractivity contribution in [2.45, 2.75) is 26.4 Å². The van der Waals surface area contributed by atoms with Gasteiger partial charge >= 0.3 is 5.97 Å². The lowest BCUT2D eigenvalue weighted by molar-refractivity contribution is -0.146. The second-order valence-corrected chi connectivity index (χ2v) is 6.11. The Morgan fingerprint density at radius 1 is 1.27 bits per heavy atom. The number of nitrogen functional groups attached to an aromatic ring is 1. The predicted octanol–water partition coefficient (Wildman–Crippen LogP) is 0.806. The van der Waals surface area contributed by atoms with Gasteiger partial charge in [0, 0.05) is 5.56 Å². The number of carbonyl (C=O) groups is 2. The number of hydrogen-bond acceptors (Lipinski definition) is 6. The minimum atomic E-state index is -0.808. The summed E-state index contributed by atoms with van der Waals surface area (Å²) < 4.78 is 5.90. The van der Waals surface area contributed by atoms with Crippen LogP contribution in [0.3, 0.4) is 0 Å². The number of aromatic nitrogens is 2. The molecule has 1 atom stereocenters. The normalized spacial score (nSPS) is 11.8. The molecule has 8 nitrogen and oxygen atoms in total. The average Bonchev–Trinajstić information content (AvgIpc) is 2.63. The van der Waals surface area contributed by atoms with Crippen molar-refractivity contribution in [3.05, 3.63) is 46.9 Å². The Kier molecular flexibility index (Phi) is 6.11. The van der Waals surface area contributed by atoms with E-state index >= 15 is 0 Å². The van der Waals surface area contributed by atoms with Gasteiger partial charge in [-0.3, -0.25) is 14.2 Å². The van der Waals surface area contributed by atoms with Gasteiger partial charge in [-0.1, -0.05) is 44.2 Å². The zero-order valence-corrected chi connectivity index (χ0v) is 14.9. The molecule has 8 heteroatoms. The monoisotopic (exact) mass is 358 g/mol.